The Hall–Kier alpha value is -1.03. The van der Waals surface area contributed by atoms with Gasteiger partial charge in [-0.15, -0.1) is 0 Å². The van der Waals surface area contributed by atoms with Gasteiger partial charge in [0.2, 0.25) is 0 Å². The zero-order valence-electron chi connectivity index (χ0n) is 8.94. The van der Waals surface area contributed by atoms with Crippen molar-refractivity contribution in [1.82, 2.24) is 9.13 Å². The van der Waals surface area contributed by atoms with Gasteiger partial charge in [-0.05, 0) is 26.7 Å². The van der Waals surface area contributed by atoms with Crippen LogP contribution in [0.25, 0.3) is 0 Å². The minimum absolute atomic E-state index is 0.0807. The molecule has 14 heavy (non-hydrogen) atoms. The predicted molar refractivity (Wildman–Crippen MR) is 57.2 cm³/mol. The van der Waals surface area contributed by atoms with Crippen LogP contribution in [0, 0.1) is 0 Å². The predicted octanol–water partition coefficient (Wildman–Crippen LogP) is 0.797. The molecule has 1 aromatic rings. The van der Waals surface area contributed by atoms with Crippen LogP contribution in [0.4, 0.5) is 0 Å². The molecule has 4 nitrogen and oxygen atoms in total. The maximum atomic E-state index is 11.6. The highest BCUT2D eigenvalue weighted by atomic mass is 16.1. The first-order valence-electron chi connectivity index (χ1n) is 5.16. The molecule has 0 spiro atoms. The van der Waals surface area contributed by atoms with Gasteiger partial charge in [0.15, 0.2) is 0 Å². The van der Waals surface area contributed by atoms with E-state index in [-0.39, 0.29) is 11.7 Å². The molecular weight excluding hydrogens is 178 g/mol. The topological polar surface area (TPSA) is 52.9 Å². The Labute approximate surface area is 84.3 Å². The average Bonchev–Trinajstić information content (AvgIpc) is 2.47. The summed E-state index contributed by atoms with van der Waals surface area (Å²) in [6.45, 7) is 5.46. The molecule has 0 aliphatic rings. The fourth-order valence-electron chi connectivity index (χ4n) is 1.45. The second-order valence-corrected chi connectivity index (χ2v) is 3.68. The summed E-state index contributed by atoms with van der Waals surface area (Å²) in [7, 11) is 0. The summed E-state index contributed by atoms with van der Waals surface area (Å²) in [6.07, 6.45) is 5.59. The van der Waals surface area contributed by atoms with Gasteiger partial charge in [-0.3, -0.25) is 9.13 Å². The van der Waals surface area contributed by atoms with Gasteiger partial charge in [0, 0.05) is 31.5 Å². The fraction of sp³-hybridized carbons (Fsp3) is 0.700. The van der Waals surface area contributed by atoms with Crippen molar-refractivity contribution >= 4 is 0 Å². The van der Waals surface area contributed by atoms with Gasteiger partial charge in [-0.1, -0.05) is 0 Å². The van der Waals surface area contributed by atoms with E-state index >= 15 is 0 Å². The molecule has 0 saturated heterocycles. The van der Waals surface area contributed by atoms with Gasteiger partial charge in [-0.2, -0.15) is 0 Å². The third kappa shape index (κ3) is 2.73. The summed E-state index contributed by atoms with van der Waals surface area (Å²) in [4.78, 5) is 11.6. The molecule has 0 aromatic carbocycles. The Morgan fingerprint density at radius 3 is 2.57 bits per heavy atom. The highest BCUT2D eigenvalue weighted by Gasteiger charge is 2.01. The summed E-state index contributed by atoms with van der Waals surface area (Å²) in [5, 5.41) is 0. The van der Waals surface area contributed by atoms with Crippen LogP contribution >= 0.6 is 0 Å². The molecular formula is C10H19N3O. The molecule has 1 heterocycles. The number of nitrogens with two attached hydrogens (primary N) is 1. The van der Waals surface area contributed by atoms with E-state index in [0.717, 1.165) is 25.9 Å². The Morgan fingerprint density at radius 2 is 2.07 bits per heavy atom. The van der Waals surface area contributed by atoms with E-state index in [9.17, 15) is 4.79 Å². The molecule has 2 N–H and O–H groups in total. The SMILES string of the molecule is CCn1ccn(CCCC(C)N)c1=O. The minimum Gasteiger partial charge on any atom is -0.328 e. The first kappa shape index (κ1) is 11.0. The van der Waals surface area contributed by atoms with Crippen LogP contribution in [0.5, 0.6) is 0 Å². The van der Waals surface area contributed by atoms with Crippen LogP contribution in [0.3, 0.4) is 0 Å². The molecule has 1 rings (SSSR count). The number of hydrogen-bond donors (Lipinski definition) is 1. The van der Waals surface area contributed by atoms with Crippen molar-refractivity contribution in [3.8, 4) is 0 Å². The molecule has 0 aliphatic heterocycles. The molecule has 0 radical (unpaired) electrons. The van der Waals surface area contributed by atoms with E-state index in [1.807, 2.05) is 26.2 Å². The Morgan fingerprint density at radius 1 is 1.43 bits per heavy atom. The van der Waals surface area contributed by atoms with Gasteiger partial charge in [0.1, 0.15) is 0 Å². The molecule has 1 atom stereocenters. The Balaban J connectivity index is 2.51. The molecule has 0 aliphatic carbocycles. The summed E-state index contributed by atoms with van der Waals surface area (Å²) >= 11 is 0. The van der Waals surface area contributed by atoms with Crippen molar-refractivity contribution in [3.63, 3.8) is 0 Å². The van der Waals surface area contributed by atoms with Crippen LogP contribution in [-0.4, -0.2) is 15.2 Å². The van der Waals surface area contributed by atoms with E-state index in [0.29, 0.717) is 0 Å². The largest absolute Gasteiger partial charge is 0.328 e. The van der Waals surface area contributed by atoms with Crippen molar-refractivity contribution in [2.24, 2.45) is 5.73 Å². The Bertz CT molecular complexity index is 324. The minimum atomic E-state index is 0.0807. The second-order valence-electron chi connectivity index (χ2n) is 3.68. The van der Waals surface area contributed by atoms with E-state index in [2.05, 4.69) is 0 Å². The maximum absolute atomic E-state index is 11.6. The number of hydrogen-bond acceptors (Lipinski definition) is 2. The van der Waals surface area contributed by atoms with Crippen molar-refractivity contribution in [3.05, 3.63) is 22.9 Å². The van der Waals surface area contributed by atoms with E-state index < -0.39 is 0 Å². The highest BCUT2D eigenvalue weighted by molar-refractivity contribution is 4.80. The molecule has 1 unspecified atom stereocenters. The average molecular weight is 197 g/mol. The van der Waals surface area contributed by atoms with Gasteiger partial charge in [0.25, 0.3) is 0 Å². The first-order valence-corrected chi connectivity index (χ1v) is 5.16. The van der Waals surface area contributed by atoms with Crippen LogP contribution in [0.15, 0.2) is 17.2 Å². The third-order valence-electron chi connectivity index (χ3n) is 2.32. The highest BCUT2D eigenvalue weighted by Crippen LogP contribution is 1.96. The summed E-state index contributed by atoms with van der Waals surface area (Å²) in [5.74, 6) is 0. The van der Waals surface area contributed by atoms with Crippen molar-refractivity contribution in [2.45, 2.75) is 45.8 Å². The number of imidazole rings is 1. The quantitative estimate of drug-likeness (QED) is 0.759. The molecule has 80 valence electrons. The molecule has 0 amide bonds. The zero-order valence-corrected chi connectivity index (χ0v) is 8.94. The molecule has 4 heteroatoms. The normalized spacial score (nSPS) is 13.1. The van der Waals surface area contributed by atoms with Gasteiger partial charge >= 0.3 is 5.69 Å². The van der Waals surface area contributed by atoms with Crippen molar-refractivity contribution in [2.75, 3.05) is 0 Å². The fourth-order valence-corrected chi connectivity index (χ4v) is 1.45. The zero-order chi connectivity index (χ0) is 10.6. The van der Waals surface area contributed by atoms with Crippen molar-refractivity contribution < 1.29 is 0 Å². The van der Waals surface area contributed by atoms with Gasteiger partial charge < -0.3 is 5.73 Å². The summed E-state index contributed by atoms with van der Waals surface area (Å²) < 4.78 is 3.44. The lowest BCUT2D eigenvalue weighted by atomic mass is 10.2. The Kier molecular flexibility index (Phi) is 3.95. The van der Waals surface area contributed by atoms with Crippen LogP contribution in [-0.2, 0) is 13.1 Å². The number of aryl methyl sites for hydroxylation is 2. The smallest absolute Gasteiger partial charge is 0.328 e. The molecule has 1 aromatic heterocycles. The molecule has 0 fully saturated rings. The van der Waals surface area contributed by atoms with Crippen LogP contribution in [0.1, 0.15) is 26.7 Å². The number of nitrogens with zero attached hydrogens (tertiary/aromatic N) is 2. The summed E-state index contributed by atoms with van der Waals surface area (Å²) in [5.41, 5.74) is 5.71. The first-order chi connectivity index (χ1) is 6.65. The lowest BCUT2D eigenvalue weighted by Gasteiger charge is -2.04. The van der Waals surface area contributed by atoms with Crippen molar-refractivity contribution in [1.29, 1.82) is 0 Å². The number of rotatable bonds is 5. The lowest BCUT2D eigenvalue weighted by molar-refractivity contribution is 0.540. The standard InChI is InChI=1S/C10H19N3O/c1-3-12-7-8-13(10(12)14)6-4-5-9(2)11/h7-9H,3-6,11H2,1-2H3. The number of aromatic nitrogens is 2. The van der Waals surface area contributed by atoms with Gasteiger partial charge in [-0.25, -0.2) is 4.79 Å². The van der Waals surface area contributed by atoms with E-state index in [1.54, 1.807) is 9.13 Å². The molecule has 0 bridgehead atoms. The monoisotopic (exact) mass is 197 g/mol. The molecule has 0 saturated carbocycles. The van der Waals surface area contributed by atoms with Gasteiger partial charge in [0.05, 0.1) is 0 Å². The maximum Gasteiger partial charge on any atom is 0.328 e. The van der Waals surface area contributed by atoms with Crippen LogP contribution in [0.2, 0.25) is 0 Å². The third-order valence-corrected chi connectivity index (χ3v) is 2.32. The lowest BCUT2D eigenvalue weighted by Crippen LogP contribution is -2.24. The second kappa shape index (κ2) is 5.00. The summed E-state index contributed by atoms with van der Waals surface area (Å²) in [6, 6.07) is 0.221. The van der Waals surface area contributed by atoms with E-state index in [4.69, 9.17) is 5.73 Å². The van der Waals surface area contributed by atoms with Crippen LogP contribution < -0.4 is 11.4 Å². The van der Waals surface area contributed by atoms with E-state index in [1.165, 1.54) is 0 Å².